The second kappa shape index (κ2) is 9.76. The summed E-state index contributed by atoms with van der Waals surface area (Å²) in [7, 11) is -3.30. The minimum absolute atomic E-state index is 0.0657. The van der Waals surface area contributed by atoms with Gasteiger partial charge in [-0.1, -0.05) is 32.9 Å². The summed E-state index contributed by atoms with van der Waals surface area (Å²) < 4.78 is 52.0. The summed E-state index contributed by atoms with van der Waals surface area (Å²) in [5.41, 5.74) is 2.36. The van der Waals surface area contributed by atoms with E-state index in [1.54, 1.807) is 6.07 Å². The third-order valence-electron chi connectivity index (χ3n) is 5.78. The maximum atomic E-state index is 13.5. The maximum Gasteiger partial charge on any atom is 0.178 e. The van der Waals surface area contributed by atoms with Gasteiger partial charge in [0.1, 0.15) is 11.6 Å². The fourth-order valence-corrected chi connectivity index (χ4v) is 5.87. The summed E-state index contributed by atoms with van der Waals surface area (Å²) in [5.74, 6) is -0.964. The zero-order chi connectivity index (χ0) is 22.8. The molecule has 0 bridgehead atoms. The molecule has 0 radical (unpaired) electrons. The van der Waals surface area contributed by atoms with Crippen molar-refractivity contribution in [1.82, 2.24) is 5.32 Å². The molecule has 3 rings (SSSR count). The molecule has 0 aromatic heterocycles. The van der Waals surface area contributed by atoms with E-state index < -0.39 is 27.6 Å². The van der Waals surface area contributed by atoms with Crippen molar-refractivity contribution in [3.8, 4) is 0 Å². The molecule has 0 saturated carbocycles. The smallest absolute Gasteiger partial charge is 0.178 e. The minimum Gasteiger partial charge on any atom is -0.392 e. The van der Waals surface area contributed by atoms with E-state index in [1.807, 2.05) is 19.1 Å². The predicted molar refractivity (Wildman–Crippen MR) is 118 cm³/mol. The number of benzene rings is 2. The van der Waals surface area contributed by atoms with E-state index in [-0.39, 0.29) is 24.3 Å². The zero-order valence-corrected chi connectivity index (χ0v) is 19.1. The van der Waals surface area contributed by atoms with Gasteiger partial charge in [-0.25, -0.2) is 17.2 Å². The number of hydrogen-bond donors (Lipinski definition) is 2. The summed E-state index contributed by atoms with van der Waals surface area (Å²) in [6, 6.07) is 8.78. The number of aliphatic hydroxyl groups is 1. The summed E-state index contributed by atoms with van der Waals surface area (Å²) in [6.45, 7) is 6.32. The van der Waals surface area contributed by atoms with Gasteiger partial charge in [0.15, 0.2) is 9.84 Å². The van der Waals surface area contributed by atoms with Crippen LogP contribution in [0.3, 0.4) is 0 Å². The van der Waals surface area contributed by atoms with E-state index in [0.717, 1.165) is 23.6 Å². The van der Waals surface area contributed by atoms with Gasteiger partial charge in [0.25, 0.3) is 0 Å². The van der Waals surface area contributed by atoms with E-state index in [1.165, 1.54) is 12.1 Å². The summed E-state index contributed by atoms with van der Waals surface area (Å²) in [4.78, 5) is 0.363. The Kier molecular flexibility index (Phi) is 7.50. The predicted octanol–water partition coefficient (Wildman–Crippen LogP) is 4.53. The maximum absolute atomic E-state index is 13.5. The number of nitrogens with one attached hydrogen (secondary N) is 1. The molecule has 0 fully saturated rings. The Labute approximate surface area is 183 Å². The number of fused-ring (bicyclic) bond motifs is 1. The van der Waals surface area contributed by atoms with Crippen molar-refractivity contribution in [2.24, 2.45) is 5.92 Å². The van der Waals surface area contributed by atoms with Crippen molar-refractivity contribution in [3.05, 3.63) is 64.7 Å². The highest BCUT2D eigenvalue weighted by Crippen LogP contribution is 2.33. The highest BCUT2D eigenvalue weighted by atomic mass is 32.2. The molecular weight excluding hydrogens is 420 g/mol. The molecule has 1 heterocycles. The first kappa shape index (κ1) is 23.8. The van der Waals surface area contributed by atoms with Gasteiger partial charge in [0.05, 0.1) is 16.8 Å². The SMILES string of the molecule is CC(C)Cc1ccc2c(c1)C(NCC(O)CC(C)c1cc(F)cc(F)c1)CCS2(=O)=O. The molecule has 7 heteroatoms. The van der Waals surface area contributed by atoms with Crippen LogP contribution in [0.1, 0.15) is 62.3 Å². The molecule has 170 valence electrons. The van der Waals surface area contributed by atoms with Gasteiger partial charge < -0.3 is 10.4 Å². The molecule has 1 aliphatic heterocycles. The molecule has 2 aromatic carbocycles. The lowest BCUT2D eigenvalue weighted by Gasteiger charge is -2.28. The Morgan fingerprint density at radius 1 is 1.10 bits per heavy atom. The highest BCUT2D eigenvalue weighted by Gasteiger charge is 2.30. The Morgan fingerprint density at radius 2 is 1.77 bits per heavy atom. The van der Waals surface area contributed by atoms with E-state index in [2.05, 4.69) is 19.2 Å². The second-order valence-corrected chi connectivity index (χ2v) is 11.1. The van der Waals surface area contributed by atoms with Crippen LogP contribution in [0.5, 0.6) is 0 Å². The highest BCUT2D eigenvalue weighted by molar-refractivity contribution is 7.91. The molecule has 3 unspecified atom stereocenters. The minimum atomic E-state index is -3.30. The van der Waals surface area contributed by atoms with Gasteiger partial charge in [-0.3, -0.25) is 0 Å². The lowest BCUT2D eigenvalue weighted by atomic mass is 9.94. The molecule has 0 amide bonds. The van der Waals surface area contributed by atoms with Crippen molar-refractivity contribution in [3.63, 3.8) is 0 Å². The van der Waals surface area contributed by atoms with Gasteiger partial charge >= 0.3 is 0 Å². The average Bonchev–Trinajstić information content (AvgIpc) is 2.66. The Balaban J connectivity index is 1.68. The number of hydrogen-bond acceptors (Lipinski definition) is 4. The van der Waals surface area contributed by atoms with E-state index in [9.17, 15) is 22.3 Å². The van der Waals surface area contributed by atoms with Crippen LogP contribution in [0.4, 0.5) is 8.78 Å². The Bertz CT molecular complexity index is 1000. The van der Waals surface area contributed by atoms with Gasteiger partial charge in [-0.05, 0) is 66.0 Å². The van der Waals surface area contributed by atoms with E-state index >= 15 is 0 Å². The van der Waals surface area contributed by atoms with Crippen LogP contribution in [-0.2, 0) is 16.3 Å². The quantitative estimate of drug-likeness (QED) is 0.619. The molecular formula is C24H31F2NO3S. The van der Waals surface area contributed by atoms with Crippen molar-refractivity contribution in [2.75, 3.05) is 12.3 Å². The van der Waals surface area contributed by atoms with Crippen molar-refractivity contribution in [2.45, 2.75) is 63.0 Å². The van der Waals surface area contributed by atoms with Crippen LogP contribution in [0.25, 0.3) is 0 Å². The third-order valence-corrected chi connectivity index (χ3v) is 7.60. The second-order valence-electron chi connectivity index (χ2n) is 9.03. The number of halogens is 2. The molecule has 1 aliphatic rings. The molecule has 0 saturated heterocycles. The van der Waals surface area contributed by atoms with Crippen LogP contribution in [0, 0.1) is 17.6 Å². The summed E-state index contributed by atoms with van der Waals surface area (Å²) >= 11 is 0. The standard InChI is InChI=1S/C24H31F2NO3S/c1-15(2)8-17-4-5-24-22(10-17)23(6-7-31(24,29)30)27-14-21(28)9-16(3)18-11-19(25)13-20(26)12-18/h4-5,10-13,15-16,21,23,27-28H,6-9,14H2,1-3H3. The van der Waals surface area contributed by atoms with Crippen LogP contribution >= 0.6 is 0 Å². The Hall–Kier alpha value is -1.83. The molecule has 2 aromatic rings. The first-order chi connectivity index (χ1) is 14.5. The molecule has 0 aliphatic carbocycles. The lowest BCUT2D eigenvalue weighted by molar-refractivity contribution is 0.149. The normalized spacial score (nSPS) is 19.8. The van der Waals surface area contributed by atoms with Crippen molar-refractivity contribution >= 4 is 9.84 Å². The van der Waals surface area contributed by atoms with Crippen LogP contribution in [0.2, 0.25) is 0 Å². The first-order valence-electron chi connectivity index (χ1n) is 10.8. The fraction of sp³-hybridized carbons (Fsp3) is 0.500. The summed E-state index contributed by atoms with van der Waals surface area (Å²) in [5, 5.41) is 13.8. The van der Waals surface area contributed by atoms with Crippen LogP contribution in [-0.4, -0.2) is 31.9 Å². The van der Waals surface area contributed by atoms with E-state index in [0.29, 0.717) is 29.2 Å². The van der Waals surface area contributed by atoms with Crippen LogP contribution < -0.4 is 5.32 Å². The zero-order valence-electron chi connectivity index (χ0n) is 18.2. The van der Waals surface area contributed by atoms with Gasteiger partial charge in [0.2, 0.25) is 0 Å². The Morgan fingerprint density at radius 3 is 2.42 bits per heavy atom. The van der Waals surface area contributed by atoms with Gasteiger partial charge in [-0.2, -0.15) is 0 Å². The topological polar surface area (TPSA) is 66.4 Å². The molecule has 4 nitrogen and oxygen atoms in total. The lowest BCUT2D eigenvalue weighted by Crippen LogP contribution is -2.35. The number of sulfone groups is 1. The molecule has 2 N–H and O–H groups in total. The molecule has 3 atom stereocenters. The van der Waals surface area contributed by atoms with E-state index in [4.69, 9.17) is 0 Å². The summed E-state index contributed by atoms with van der Waals surface area (Å²) in [6.07, 6.45) is 0.908. The van der Waals surface area contributed by atoms with Crippen molar-refractivity contribution < 1.29 is 22.3 Å². The fourth-order valence-electron chi connectivity index (χ4n) is 4.27. The number of aliphatic hydroxyl groups excluding tert-OH is 1. The van der Waals surface area contributed by atoms with Gasteiger partial charge in [0, 0.05) is 18.7 Å². The van der Waals surface area contributed by atoms with Gasteiger partial charge in [-0.15, -0.1) is 0 Å². The molecule has 31 heavy (non-hydrogen) atoms. The largest absolute Gasteiger partial charge is 0.392 e. The number of rotatable bonds is 8. The first-order valence-corrected chi connectivity index (χ1v) is 12.4. The monoisotopic (exact) mass is 451 g/mol. The van der Waals surface area contributed by atoms with Crippen molar-refractivity contribution in [1.29, 1.82) is 0 Å². The molecule has 0 spiro atoms. The van der Waals surface area contributed by atoms with Crippen LogP contribution in [0.15, 0.2) is 41.3 Å². The third kappa shape index (κ3) is 6.11. The average molecular weight is 452 g/mol.